The van der Waals surface area contributed by atoms with Crippen LogP contribution < -0.4 is 16.1 Å². The molecular formula is C30H41NO4. The molecule has 3 aromatic rings. The van der Waals surface area contributed by atoms with Crippen molar-refractivity contribution in [2.24, 2.45) is 0 Å². The summed E-state index contributed by atoms with van der Waals surface area (Å²) < 4.78 is 11.8. The molecule has 0 spiro atoms. The van der Waals surface area contributed by atoms with Crippen molar-refractivity contribution >= 4 is 11.0 Å². The van der Waals surface area contributed by atoms with Crippen molar-refractivity contribution < 1.29 is 9.15 Å². The van der Waals surface area contributed by atoms with Crippen LogP contribution in [-0.4, -0.2) is 11.7 Å². The number of aromatic nitrogens is 1. The number of ether oxygens (including phenoxy) is 1. The first-order valence-corrected chi connectivity index (χ1v) is 13.5. The van der Waals surface area contributed by atoms with Crippen molar-refractivity contribution in [1.82, 2.24) is 4.57 Å². The predicted octanol–water partition coefficient (Wildman–Crippen LogP) is 7.59. The summed E-state index contributed by atoms with van der Waals surface area (Å²) in [7, 11) is 1.58. The van der Waals surface area contributed by atoms with E-state index in [0.717, 1.165) is 29.4 Å². The number of aryl methyl sites for hydroxylation is 1. The van der Waals surface area contributed by atoms with Crippen LogP contribution in [0.2, 0.25) is 0 Å². The number of fused-ring (bicyclic) bond motifs is 1. The van der Waals surface area contributed by atoms with Gasteiger partial charge in [-0.25, -0.2) is 9.36 Å². The number of nitrogens with zero attached hydrogens (tertiary/aromatic N) is 1. The second-order valence-corrected chi connectivity index (χ2v) is 9.49. The number of unbranched alkanes of at least 4 members (excludes halogenated alkanes) is 12. The molecule has 0 saturated heterocycles. The Labute approximate surface area is 209 Å². The van der Waals surface area contributed by atoms with Crippen LogP contribution in [0.4, 0.5) is 0 Å². The summed E-state index contributed by atoms with van der Waals surface area (Å²) >= 11 is 0. The number of benzene rings is 2. The molecule has 2 aromatic carbocycles. The van der Waals surface area contributed by atoms with E-state index in [9.17, 15) is 9.59 Å². The standard InChI is InChI=1S/C30H41NO4/c1-3-4-5-6-7-8-9-10-11-12-13-14-15-17-24-18-16-19-27-28(24)29(32)31(30(33)35-27)25-20-22-26(34-2)23-21-25/h16,18-23H,3-15,17H2,1-2H3. The highest BCUT2D eigenvalue weighted by atomic mass is 16.5. The van der Waals surface area contributed by atoms with Crippen molar-refractivity contribution in [1.29, 1.82) is 0 Å². The van der Waals surface area contributed by atoms with E-state index >= 15 is 0 Å². The van der Waals surface area contributed by atoms with E-state index in [1.54, 1.807) is 37.4 Å². The van der Waals surface area contributed by atoms with Gasteiger partial charge < -0.3 is 9.15 Å². The predicted molar refractivity (Wildman–Crippen MR) is 144 cm³/mol. The Morgan fingerprint density at radius 2 is 1.31 bits per heavy atom. The minimum atomic E-state index is -0.675. The van der Waals surface area contributed by atoms with Crippen LogP contribution in [0.15, 0.2) is 56.5 Å². The number of hydrogen-bond donors (Lipinski definition) is 0. The van der Waals surface area contributed by atoms with Gasteiger partial charge in [-0.15, -0.1) is 0 Å². The second-order valence-electron chi connectivity index (χ2n) is 9.49. The SMILES string of the molecule is CCCCCCCCCCCCCCCc1cccc2oc(=O)n(-c3ccc(OC)cc3)c(=O)c12. The zero-order valence-corrected chi connectivity index (χ0v) is 21.5. The normalized spacial score (nSPS) is 11.3. The summed E-state index contributed by atoms with van der Waals surface area (Å²) in [6.07, 6.45) is 17.8. The summed E-state index contributed by atoms with van der Waals surface area (Å²) in [5.41, 5.74) is 1.45. The van der Waals surface area contributed by atoms with Gasteiger partial charge in [0.05, 0.1) is 18.2 Å². The summed E-state index contributed by atoms with van der Waals surface area (Å²) in [5.74, 6) is -0.0131. The van der Waals surface area contributed by atoms with Crippen LogP contribution in [0.5, 0.6) is 5.75 Å². The molecule has 5 heteroatoms. The molecule has 190 valence electrons. The highest BCUT2D eigenvalue weighted by molar-refractivity contribution is 5.79. The van der Waals surface area contributed by atoms with Crippen molar-refractivity contribution in [3.8, 4) is 11.4 Å². The average Bonchev–Trinajstić information content (AvgIpc) is 2.87. The van der Waals surface area contributed by atoms with E-state index in [2.05, 4.69) is 6.92 Å². The minimum absolute atomic E-state index is 0.327. The molecule has 0 aliphatic carbocycles. The van der Waals surface area contributed by atoms with E-state index in [1.165, 1.54) is 70.6 Å². The van der Waals surface area contributed by atoms with Crippen LogP contribution >= 0.6 is 0 Å². The van der Waals surface area contributed by atoms with Crippen LogP contribution in [0.25, 0.3) is 16.7 Å². The van der Waals surface area contributed by atoms with Crippen LogP contribution in [0.3, 0.4) is 0 Å². The number of hydrogen-bond acceptors (Lipinski definition) is 4. The van der Waals surface area contributed by atoms with Gasteiger partial charge >= 0.3 is 5.76 Å². The van der Waals surface area contributed by atoms with Gasteiger partial charge in [0.2, 0.25) is 0 Å². The highest BCUT2D eigenvalue weighted by Gasteiger charge is 2.14. The molecule has 0 amide bonds. The highest BCUT2D eigenvalue weighted by Crippen LogP contribution is 2.19. The monoisotopic (exact) mass is 479 g/mol. The van der Waals surface area contributed by atoms with Gasteiger partial charge in [-0.05, 0) is 48.7 Å². The molecule has 35 heavy (non-hydrogen) atoms. The van der Waals surface area contributed by atoms with Crippen LogP contribution in [0, 0.1) is 0 Å². The van der Waals surface area contributed by atoms with Gasteiger partial charge in [-0.2, -0.15) is 0 Å². The zero-order valence-electron chi connectivity index (χ0n) is 21.5. The van der Waals surface area contributed by atoms with Gasteiger partial charge in [0.15, 0.2) is 0 Å². The lowest BCUT2D eigenvalue weighted by Crippen LogP contribution is -2.31. The molecule has 1 aromatic heterocycles. The third-order valence-electron chi connectivity index (χ3n) is 6.79. The van der Waals surface area contributed by atoms with Gasteiger partial charge in [0, 0.05) is 0 Å². The third-order valence-corrected chi connectivity index (χ3v) is 6.79. The molecular weight excluding hydrogens is 438 g/mol. The van der Waals surface area contributed by atoms with Crippen LogP contribution in [-0.2, 0) is 6.42 Å². The van der Waals surface area contributed by atoms with E-state index in [4.69, 9.17) is 9.15 Å². The van der Waals surface area contributed by atoms with Crippen molar-refractivity contribution in [3.05, 3.63) is 68.9 Å². The summed E-state index contributed by atoms with van der Waals surface area (Å²) in [6, 6.07) is 12.4. The Bertz CT molecular complexity index is 1140. The average molecular weight is 480 g/mol. The maximum Gasteiger partial charge on any atom is 0.426 e. The van der Waals surface area contributed by atoms with E-state index < -0.39 is 5.76 Å². The molecule has 0 bridgehead atoms. The summed E-state index contributed by atoms with van der Waals surface area (Å²) in [5, 5.41) is 0.502. The fourth-order valence-corrected chi connectivity index (χ4v) is 4.73. The van der Waals surface area contributed by atoms with E-state index in [1.807, 2.05) is 12.1 Å². The molecule has 0 fully saturated rings. The molecule has 0 atom stereocenters. The lowest BCUT2D eigenvalue weighted by atomic mass is 10.0. The topological polar surface area (TPSA) is 61.4 Å². The lowest BCUT2D eigenvalue weighted by molar-refractivity contribution is 0.414. The molecule has 0 saturated carbocycles. The molecule has 1 heterocycles. The quantitative estimate of drug-likeness (QED) is 0.199. The third kappa shape index (κ3) is 7.84. The van der Waals surface area contributed by atoms with Gasteiger partial charge in [0.1, 0.15) is 11.3 Å². The minimum Gasteiger partial charge on any atom is -0.497 e. The maximum atomic E-state index is 13.3. The fraction of sp³-hybridized carbons (Fsp3) is 0.533. The van der Waals surface area contributed by atoms with E-state index in [0.29, 0.717) is 22.4 Å². The van der Waals surface area contributed by atoms with Crippen molar-refractivity contribution in [2.75, 3.05) is 7.11 Å². The maximum absolute atomic E-state index is 13.3. The summed E-state index contributed by atoms with van der Waals surface area (Å²) in [4.78, 5) is 25.9. The molecule has 3 rings (SSSR count). The first-order valence-electron chi connectivity index (χ1n) is 13.5. The molecule has 0 unspecified atom stereocenters. The van der Waals surface area contributed by atoms with Gasteiger partial charge in [0.25, 0.3) is 5.56 Å². The molecule has 0 N–H and O–H groups in total. The Kier molecular flexibility index (Phi) is 11.1. The van der Waals surface area contributed by atoms with Crippen LogP contribution in [0.1, 0.15) is 96.0 Å². The lowest BCUT2D eigenvalue weighted by Gasteiger charge is -2.09. The fourth-order valence-electron chi connectivity index (χ4n) is 4.73. The molecule has 0 aliphatic heterocycles. The summed E-state index contributed by atoms with van der Waals surface area (Å²) in [6.45, 7) is 2.27. The first kappa shape index (κ1) is 26.8. The van der Waals surface area contributed by atoms with Gasteiger partial charge in [-0.1, -0.05) is 96.1 Å². The van der Waals surface area contributed by atoms with Crippen molar-refractivity contribution in [3.63, 3.8) is 0 Å². The molecule has 0 aliphatic rings. The second kappa shape index (κ2) is 14.6. The number of rotatable bonds is 16. The largest absolute Gasteiger partial charge is 0.497 e. The first-order chi connectivity index (χ1) is 17.2. The zero-order chi connectivity index (χ0) is 24.9. The van der Waals surface area contributed by atoms with Gasteiger partial charge in [-0.3, -0.25) is 4.79 Å². The molecule has 5 nitrogen and oxygen atoms in total. The number of methoxy groups -OCH3 is 1. The van der Waals surface area contributed by atoms with Crippen molar-refractivity contribution in [2.45, 2.75) is 96.8 Å². The smallest absolute Gasteiger partial charge is 0.426 e. The van der Waals surface area contributed by atoms with E-state index in [-0.39, 0.29) is 5.56 Å². The Hall–Kier alpha value is -2.82. The Morgan fingerprint density at radius 1 is 0.743 bits per heavy atom. The Balaban J connectivity index is 1.51. The Morgan fingerprint density at radius 3 is 1.89 bits per heavy atom. The molecule has 0 radical (unpaired) electrons.